The highest BCUT2D eigenvalue weighted by atomic mass is 32.2. The molecule has 0 radical (unpaired) electrons. The molecule has 3 rings (SSSR count). The number of alkyl halides is 2. The van der Waals surface area contributed by atoms with Crippen LogP contribution in [0.4, 0.5) is 8.78 Å². The van der Waals surface area contributed by atoms with Crippen LogP contribution in [-0.2, 0) is 23.0 Å². The van der Waals surface area contributed by atoms with Crippen molar-refractivity contribution in [2.75, 3.05) is 0 Å². The number of fused-ring (bicyclic) bond motifs is 1. The number of rotatable bonds is 5. The highest BCUT2D eigenvalue weighted by molar-refractivity contribution is 7.89. The third kappa shape index (κ3) is 3.74. The Bertz CT molecular complexity index is 862. The largest absolute Gasteiger partial charge is 0.266 e. The van der Waals surface area contributed by atoms with Gasteiger partial charge in [0.25, 0.3) is 6.43 Å². The van der Waals surface area contributed by atoms with Gasteiger partial charge in [-0.05, 0) is 29.4 Å². The second kappa shape index (κ2) is 6.49. The first-order valence-electron chi connectivity index (χ1n) is 8.10. The lowest BCUT2D eigenvalue weighted by Crippen LogP contribution is -2.41. The lowest BCUT2D eigenvalue weighted by Gasteiger charge is -2.40. The maximum atomic E-state index is 12.7. The quantitative estimate of drug-likeness (QED) is 0.881. The molecule has 0 unspecified atom stereocenters. The summed E-state index contributed by atoms with van der Waals surface area (Å²) in [7, 11) is -3.87. The number of aryl methyl sites for hydroxylation is 1. The highest BCUT2D eigenvalue weighted by Crippen LogP contribution is 2.44. The molecular weight excluding hydrogens is 348 g/mol. The van der Waals surface area contributed by atoms with Crippen molar-refractivity contribution in [2.24, 2.45) is 5.41 Å². The summed E-state index contributed by atoms with van der Waals surface area (Å²) in [6, 6.07) is 7.39. The monoisotopic (exact) mass is 369 g/mol. The second-order valence-corrected chi connectivity index (χ2v) is 8.74. The van der Waals surface area contributed by atoms with Crippen LogP contribution in [-0.4, -0.2) is 24.6 Å². The first-order chi connectivity index (χ1) is 11.7. The highest BCUT2D eigenvalue weighted by Gasteiger charge is 2.38. The molecule has 1 heterocycles. The van der Waals surface area contributed by atoms with E-state index in [1.807, 2.05) is 38.1 Å². The number of nitrogens with one attached hydrogen (secondary N) is 1. The van der Waals surface area contributed by atoms with Crippen molar-refractivity contribution in [3.8, 4) is 0 Å². The van der Waals surface area contributed by atoms with Crippen LogP contribution in [0.15, 0.2) is 41.6 Å². The Labute approximate surface area is 146 Å². The van der Waals surface area contributed by atoms with Crippen molar-refractivity contribution < 1.29 is 17.2 Å². The van der Waals surface area contributed by atoms with Crippen molar-refractivity contribution in [3.05, 3.63) is 47.8 Å². The number of benzene rings is 1. The normalized spacial score (nSPS) is 19.8. The van der Waals surface area contributed by atoms with E-state index in [9.17, 15) is 17.2 Å². The summed E-state index contributed by atoms with van der Waals surface area (Å²) in [5, 5.41) is 3.71. The molecule has 1 atom stereocenters. The standard InChI is InChI=1S/C17H21F2N3O2S/c1-17(2)8-7-12-5-3-4-6-14(12)16(17)21-25(23,24)13-9-20-22(10-13)11-15(18)19/h3-6,9-10,15-16,21H,7-8,11H2,1-2H3/t16-/m0/s1. The predicted octanol–water partition coefficient (Wildman–Crippen LogP) is 3.14. The smallest absolute Gasteiger partial charge is 0.257 e. The van der Waals surface area contributed by atoms with Gasteiger partial charge in [-0.15, -0.1) is 0 Å². The van der Waals surface area contributed by atoms with Gasteiger partial charge in [-0.3, -0.25) is 4.68 Å². The average Bonchev–Trinajstić information content (AvgIpc) is 2.99. The molecule has 0 saturated carbocycles. The van der Waals surface area contributed by atoms with E-state index in [1.54, 1.807) is 0 Å². The third-order valence-electron chi connectivity index (χ3n) is 4.70. The minimum absolute atomic E-state index is 0.105. The van der Waals surface area contributed by atoms with Crippen LogP contribution in [0.25, 0.3) is 0 Å². The maximum absolute atomic E-state index is 12.7. The number of nitrogens with zero attached hydrogens (tertiary/aromatic N) is 2. The Morgan fingerprint density at radius 3 is 2.80 bits per heavy atom. The number of hydrogen-bond acceptors (Lipinski definition) is 3. The summed E-state index contributed by atoms with van der Waals surface area (Å²) in [6.07, 6.45) is 1.39. The van der Waals surface area contributed by atoms with E-state index >= 15 is 0 Å². The van der Waals surface area contributed by atoms with E-state index in [0.29, 0.717) is 0 Å². The molecule has 0 saturated heterocycles. The minimum Gasteiger partial charge on any atom is -0.266 e. The van der Waals surface area contributed by atoms with Gasteiger partial charge in [0.05, 0.1) is 12.2 Å². The SMILES string of the molecule is CC1(C)CCc2ccccc2[C@@H]1NS(=O)(=O)c1cnn(CC(F)F)c1. The molecule has 1 aliphatic carbocycles. The molecule has 0 fully saturated rings. The van der Waals surface area contributed by atoms with Crippen LogP contribution in [0.3, 0.4) is 0 Å². The summed E-state index contributed by atoms with van der Waals surface area (Å²) >= 11 is 0. The van der Waals surface area contributed by atoms with Gasteiger partial charge < -0.3 is 0 Å². The van der Waals surface area contributed by atoms with Crippen LogP contribution >= 0.6 is 0 Å². The van der Waals surface area contributed by atoms with E-state index in [2.05, 4.69) is 9.82 Å². The van der Waals surface area contributed by atoms with Crippen molar-refractivity contribution in [2.45, 2.75) is 50.6 Å². The molecule has 0 bridgehead atoms. The zero-order valence-electron chi connectivity index (χ0n) is 14.1. The third-order valence-corrected chi connectivity index (χ3v) is 6.08. The fourth-order valence-electron chi connectivity index (χ4n) is 3.24. The van der Waals surface area contributed by atoms with Gasteiger partial charge in [0.1, 0.15) is 11.4 Å². The van der Waals surface area contributed by atoms with Gasteiger partial charge in [-0.1, -0.05) is 38.1 Å². The van der Waals surface area contributed by atoms with Crippen molar-refractivity contribution >= 4 is 10.0 Å². The zero-order valence-corrected chi connectivity index (χ0v) is 14.9. The van der Waals surface area contributed by atoms with Crippen LogP contribution in [0, 0.1) is 5.41 Å². The van der Waals surface area contributed by atoms with Crippen LogP contribution in [0.5, 0.6) is 0 Å². The van der Waals surface area contributed by atoms with Gasteiger partial charge in [-0.2, -0.15) is 5.10 Å². The van der Waals surface area contributed by atoms with Crippen molar-refractivity contribution in [1.29, 1.82) is 0 Å². The van der Waals surface area contributed by atoms with E-state index in [0.717, 1.165) is 41.0 Å². The molecule has 1 aromatic heterocycles. The molecule has 0 spiro atoms. The van der Waals surface area contributed by atoms with Crippen LogP contribution < -0.4 is 4.72 Å². The van der Waals surface area contributed by atoms with Gasteiger partial charge >= 0.3 is 0 Å². The summed E-state index contributed by atoms with van der Waals surface area (Å²) in [5.74, 6) is 0. The summed E-state index contributed by atoms with van der Waals surface area (Å²) in [4.78, 5) is -0.105. The molecule has 0 amide bonds. The Balaban J connectivity index is 1.90. The molecule has 8 heteroatoms. The fraction of sp³-hybridized carbons (Fsp3) is 0.471. The topological polar surface area (TPSA) is 64.0 Å². The average molecular weight is 369 g/mol. The molecule has 2 aromatic rings. The van der Waals surface area contributed by atoms with Gasteiger partial charge in [0.15, 0.2) is 0 Å². The molecule has 1 aromatic carbocycles. The van der Waals surface area contributed by atoms with Crippen molar-refractivity contribution in [3.63, 3.8) is 0 Å². The van der Waals surface area contributed by atoms with Gasteiger partial charge in [0, 0.05) is 6.20 Å². The van der Waals surface area contributed by atoms with Crippen LogP contribution in [0.1, 0.15) is 37.4 Å². The molecular formula is C17H21F2N3O2S. The number of aromatic nitrogens is 2. The van der Waals surface area contributed by atoms with Crippen molar-refractivity contribution in [1.82, 2.24) is 14.5 Å². The van der Waals surface area contributed by atoms with Crippen LogP contribution in [0.2, 0.25) is 0 Å². The van der Waals surface area contributed by atoms with E-state index < -0.39 is 23.0 Å². The van der Waals surface area contributed by atoms with Gasteiger partial charge in [0.2, 0.25) is 10.0 Å². The molecule has 5 nitrogen and oxygen atoms in total. The number of sulfonamides is 1. The lowest BCUT2D eigenvalue weighted by molar-refractivity contribution is 0.121. The molecule has 1 N–H and O–H groups in total. The van der Waals surface area contributed by atoms with Gasteiger partial charge in [-0.25, -0.2) is 21.9 Å². The minimum atomic E-state index is -3.87. The summed E-state index contributed by atoms with van der Waals surface area (Å²) < 4.78 is 54.1. The Kier molecular flexibility index (Phi) is 4.68. The second-order valence-electron chi connectivity index (χ2n) is 7.03. The molecule has 136 valence electrons. The molecule has 0 aliphatic heterocycles. The van der Waals surface area contributed by atoms with E-state index in [-0.39, 0.29) is 16.4 Å². The summed E-state index contributed by atoms with van der Waals surface area (Å²) in [6.45, 7) is 3.42. The Morgan fingerprint density at radius 1 is 1.36 bits per heavy atom. The zero-order chi connectivity index (χ0) is 18.2. The number of halogens is 2. The first kappa shape index (κ1) is 18.0. The fourth-order valence-corrected chi connectivity index (χ4v) is 4.58. The Morgan fingerprint density at radius 2 is 2.08 bits per heavy atom. The molecule has 1 aliphatic rings. The summed E-state index contributed by atoms with van der Waals surface area (Å²) in [5.41, 5.74) is 1.82. The van der Waals surface area contributed by atoms with E-state index in [1.165, 1.54) is 0 Å². The predicted molar refractivity (Wildman–Crippen MR) is 89.8 cm³/mol. The Hall–Kier alpha value is -1.80. The lowest BCUT2D eigenvalue weighted by atomic mass is 9.71. The maximum Gasteiger partial charge on any atom is 0.257 e. The molecule has 25 heavy (non-hydrogen) atoms. The van der Waals surface area contributed by atoms with E-state index in [4.69, 9.17) is 0 Å². The number of hydrogen-bond donors (Lipinski definition) is 1. The first-order valence-corrected chi connectivity index (χ1v) is 9.58.